The second-order valence-corrected chi connectivity index (χ2v) is 9.99. The molecule has 0 saturated carbocycles. The third kappa shape index (κ3) is 3.44. The molecule has 1 aliphatic heterocycles. The first kappa shape index (κ1) is 21.2. The number of benzene rings is 2. The van der Waals surface area contributed by atoms with Crippen molar-refractivity contribution in [2.24, 2.45) is 0 Å². The van der Waals surface area contributed by atoms with Gasteiger partial charge in [-0.15, -0.1) is 0 Å². The van der Waals surface area contributed by atoms with Crippen LogP contribution in [0.15, 0.2) is 71.3 Å². The first-order valence-electron chi connectivity index (χ1n) is 12.3. The van der Waals surface area contributed by atoms with Crippen LogP contribution in [0.4, 0.5) is 0 Å². The molecule has 2 aromatic carbocycles. The quantitative estimate of drug-likeness (QED) is 0.461. The fraction of sp³-hybridized carbons (Fsp3) is 0.333. The SMILES string of the molecule is Cc1cc(C)cc(Cn2cc(C3C4=C(CCCC4=O)OC4=C3C(=O)CCC4)c3ccccc32)c1. The van der Waals surface area contributed by atoms with E-state index < -0.39 is 0 Å². The van der Waals surface area contributed by atoms with Gasteiger partial charge in [0.05, 0.1) is 0 Å². The minimum atomic E-state index is -0.329. The van der Waals surface area contributed by atoms with Gasteiger partial charge in [-0.2, -0.15) is 0 Å². The van der Waals surface area contributed by atoms with Crippen molar-refractivity contribution in [1.82, 2.24) is 4.57 Å². The number of rotatable bonds is 3. The third-order valence-electron chi connectivity index (χ3n) is 7.41. The number of aromatic nitrogens is 1. The Hall–Kier alpha value is -3.40. The average Bonchev–Trinajstić information content (AvgIpc) is 3.15. The zero-order valence-electron chi connectivity index (χ0n) is 19.8. The Bertz CT molecular complexity index is 1360. The van der Waals surface area contributed by atoms with Crippen LogP contribution >= 0.6 is 0 Å². The number of ether oxygens (including phenoxy) is 1. The van der Waals surface area contributed by atoms with Crippen molar-refractivity contribution in [1.29, 1.82) is 0 Å². The third-order valence-corrected chi connectivity index (χ3v) is 7.41. The highest BCUT2D eigenvalue weighted by molar-refractivity contribution is 6.07. The number of nitrogens with zero attached hydrogens (tertiary/aromatic N) is 1. The summed E-state index contributed by atoms with van der Waals surface area (Å²) in [4.78, 5) is 26.4. The Kier molecular flexibility index (Phi) is 5.05. The van der Waals surface area contributed by atoms with Gasteiger partial charge in [-0.1, -0.05) is 47.5 Å². The highest BCUT2D eigenvalue weighted by atomic mass is 16.5. The van der Waals surface area contributed by atoms with Crippen molar-refractivity contribution in [3.8, 4) is 0 Å². The van der Waals surface area contributed by atoms with Crippen LogP contribution in [0, 0.1) is 13.8 Å². The molecule has 3 aliphatic rings. The number of carbonyl (C=O) groups excluding carboxylic acids is 2. The summed E-state index contributed by atoms with van der Waals surface area (Å²) in [5.74, 6) is 1.51. The molecule has 34 heavy (non-hydrogen) atoms. The molecule has 0 amide bonds. The van der Waals surface area contributed by atoms with Crippen LogP contribution in [0.1, 0.15) is 66.7 Å². The van der Waals surface area contributed by atoms with E-state index in [0.717, 1.165) is 71.4 Å². The van der Waals surface area contributed by atoms with Crippen LogP contribution in [-0.2, 0) is 20.9 Å². The van der Waals surface area contributed by atoms with E-state index in [1.165, 1.54) is 16.7 Å². The molecule has 4 nitrogen and oxygen atoms in total. The molecule has 0 saturated heterocycles. The zero-order chi connectivity index (χ0) is 23.4. The Balaban J connectivity index is 1.55. The highest BCUT2D eigenvalue weighted by Crippen LogP contribution is 2.49. The minimum Gasteiger partial charge on any atom is -0.465 e. The molecule has 0 N–H and O–H groups in total. The normalized spacial score (nSPS) is 18.9. The van der Waals surface area contributed by atoms with Crippen LogP contribution < -0.4 is 0 Å². The van der Waals surface area contributed by atoms with Gasteiger partial charge >= 0.3 is 0 Å². The Morgan fingerprint density at radius 3 is 2.12 bits per heavy atom. The van der Waals surface area contributed by atoms with Gasteiger partial charge in [-0.05, 0) is 43.9 Å². The standard InChI is InChI=1S/C30H29NO3/c1-18-13-19(2)15-20(14-18)16-31-17-22(21-7-3-4-8-23(21)31)28-29-24(32)9-5-11-26(29)34-27-12-6-10-25(33)30(27)28/h3-4,7-8,13-15,17,28H,5-6,9-12,16H2,1-2H3. The maximum absolute atomic E-state index is 13.2. The van der Waals surface area contributed by atoms with E-state index in [0.29, 0.717) is 12.8 Å². The van der Waals surface area contributed by atoms with Crippen molar-refractivity contribution >= 4 is 22.5 Å². The van der Waals surface area contributed by atoms with Crippen LogP contribution in [0.3, 0.4) is 0 Å². The molecule has 2 aliphatic carbocycles. The van der Waals surface area contributed by atoms with Crippen molar-refractivity contribution in [2.45, 2.75) is 64.8 Å². The van der Waals surface area contributed by atoms with Crippen LogP contribution in [0.5, 0.6) is 0 Å². The number of Topliss-reactive ketones (excluding diaryl/α,β-unsaturated/α-hetero) is 2. The summed E-state index contributed by atoms with van der Waals surface area (Å²) in [6.45, 7) is 5.00. The highest BCUT2D eigenvalue weighted by Gasteiger charge is 2.42. The predicted molar refractivity (Wildman–Crippen MR) is 133 cm³/mol. The lowest BCUT2D eigenvalue weighted by Gasteiger charge is -2.35. The molecule has 6 rings (SSSR count). The van der Waals surface area contributed by atoms with Crippen molar-refractivity contribution in [3.63, 3.8) is 0 Å². The summed E-state index contributed by atoms with van der Waals surface area (Å²) in [6, 6.07) is 15.0. The molecule has 2 heterocycles. The summed E-state index contributed by atoms with van der Waals surface area (Å²) in [6.07, 6.45) is 6.39. The topological polar surface area (TPSA) is 48.3 Å². The second kappa shape index (κ2) is 8.12. The van der Waals surface area contributed by atoms with E-state index in [4.69, 9.17) is 4.74 Å². The number of para-hydroxylation sites is 1. The van der Waals surface area contributed by atoms with Crippen molar-refractivity contribution in [3.05, 3.63) is 93.6 Å². The van der Waals surface area contributed by atoms with Crippen molar-refractivity contribution < 1.29 is 14.3 Å². The molecule has 4 heteroatoms. The van der Waals surface area contributed by atoms with Crippen molar-refractivity contribution in [2.75, 3.05) is 0 Å². The summed E-state index contributed by atoms with van der Waals surface area (Å²) in [5.41, 5.74) is 7.36. The van der Waals surface area contributed by atoms with E-state index in [1.807, 2.05) is 6.07 Å². The van der Waals surface area contributed by atoms with Gasteiger partial charge in [0.25, 0.3) is 0 Å². The maximum Gasteiger partial charge on any atom is 0.163 e. The molecule has 0 spiro atoms. The van der Waals surface area contributed by atoms with E-state index in [9.17, 15) is 9.59 Å². The smallest absolute Gasteiger partial charge is 0.163 e. The van der Waals surface area contributed by atoms with E-state index in [1.54, 1.807) is 0 Å². The largest absolute Gasteiger partial charge is 0.465 e. The number of hydrogen-bond donors (Lipinski definition) is 0. The molecule has 0 unspecified atom stereocenters. The lowest BCUT2D eigenvalue weighted by atomic mass is 9.73. The Morgan fingerprint density at radius 2 is 1.47 bits per heavy atom. The average molecular weight is 452 g/mol. The van der Waals surface area contributed by atoms with Gasteiger partial charge in [-0.25, -0.2) is 0 Å². The van der Waals surface area contributed by atoms with Crippen LogP contribution in [0.25, 0.3) is 10.9 Å². The Morgan fingerprint density at radius 1 is 0.853 bits per heavy atom. The van der Waals surface area contributed by atoms with Gasteiger partial charge in [0.15, 0.2) is 11.6 Å². The number of hydrogen-bond acceptors (Lipinski definition) is 3. The predicted octanol–water partition coefficient (Wildman–Crippen LogP) is 6.43. The monoisotopic (exact) mass is 451 g/mol. The number of aryl methyl sites for hydroxylation is 2. The molecule has 1 aromatic heterocycles. The first-order chi connectivity index (χ1) is 16.5. The van der Waals surface area contributed by atoms with Gasteiger partial charge in [0.1, 0.15) is 11.5 Å². The molecule has 0 fully saturated rings. The van der Waals surface area contributed by atoms with Gasteiger partial charge in [0, 0.05) is 66.4 Å². The fourth-order valence-corrected chi connectivity index (χ4v) is 6.12. The summed E-state index contributed by atoms with van der Waals surface area (Å²) >= 11 is 0. The lowest BCUT2D eigenvalue weighted by Crippen LogP contribution is -2.30. The zero-order valence-corrected chi connectivity index (χ0v) is 19.8. The van der Waals surface area contributed by atoms with Crippen LogP contribution in [0.2, 0.25) is 0 Å². The second-order valence-electron chi connectivity index (χ2n) is 9.99. The van der Waals surface area contributed by atoms with Gasteiger partial charge in [0.2, 0.25) is 0 Å². The molecular weight excluding hydrogens is 422 g/mol. The molecule has 3 aromatic rings. The summed E-state index contributed by atoms with van der Waals surface area (Å²) in [7, 11) is 0. The number of ketones is 2. The number of fused-ring (bicyclic) bond motifs is 1. The molecule has 0 atom stereocenters. The first-order valence-corrected chi connectivity index (χ1v) is 12.3. The number of allylic oxidation sites excluding steroid dienone is 4. The van der Waals surface area contributed by atoms with Gasteiger partial charge < -0.3 is 9.30 Å². The summed E-state index contributed by atoms with van der Waals surface area (Å²) < 4.78 is 8.51. The molecule has 172 valence electrons. The van der Waals surface area contributed by atoms with E-state index in [2.05, 4.69) is 61.0 Å². The van der Waals surface area contributed by atoms with Gasteiger partial charge in [-0.3, -0.25) is 9.59 Å². The number of carbonyl (C=O) groups is 2. The molecule has 0 radical (unpaired) electrons. The lowest BCUT2D eigenvalue weighted by molar-refractivity contribution is -0.117. The minimum absolute atomic E-state index is 0.127. The fourth-order valence-electron chi connectivity index (χ4n) is 6.12. The molecule has 0 bridgehead atoms. The molecular formula is C30H29NO3. The summed E-state index contributed by atoms with van der Waals surface area (Å²) in [5, 5.41) is 1.11. The van der Waals surface area contributed by atoms with E-state index in [-0.39, 0.29) is 17.5 Å². The maximum atomic E-state index is 13.2. The van der Waals surface area contributed by atoms with E-state index >= 15 is 0 Å². The van der Waals surface area contributed by atoms with Crippen LogP contribution in [-0.4, -0.2) is 16.1 Å². The Labute approximate surface area is 199 Å².